The lowest BCUT2D eigenvalue weighted by Gasteiger charge is -2.34. The monoisotopic (exact) mass is 358 g/mol. The molecule has 0 radical (unpaired) electrons. The van der Waals surface area contributed by atoms with Crippen LogP contribution in [0.5, 0.6) is 0 Å². The van der Waals surface area contributed by atoms with Crippen LogP contribution < -0.4 is 10.6 Å². The van der Waals surface area contributed by atoms with E-state index in [2.05, 4.69) is 10.6 Å². The van der Waals surface area contributed by atoms with Gasteiger partial charge < -0.3 is 15.4 Å². The number of nitrogens with one attached hydrogen (secondary N) is 2. The Bertz CT molecular complexity index is 670. The van der Waals surface area contributed by atoms with Crippen LogP contribution in [0.25, 0.3) is 0 Å². The molecule has 1 saturated heterocycles. The number of ether oxygens (including phenoxy) is 1. The zero-order valence-corrected chi connectivity index (χ0v) is 14.7. The average Bonchev–Trinajstić information content (AvgIpc) is 2.56. The van der Waals surface area contributed by atoms with E-state index in [4.69, 9.17) is 4.74 Å². The number of sulfone groups is 1. The summed E-state index contributed by atoms with van der Waals surface area (Å²) in [7, 11) is -2.07. The van der Waals surface area contributed by atoms with E-state index < -0.39 is 26.6 Å². The molecule has 1 amide bonds. The maximum atomic E-state index is 13.0. The fourth-order valence-corrected chi connectivity index (χ4v) is 4.31. The fourth-order valence-electron chi connectivity index (χ4n) is 2.96. The number of amides is 1. The molecule has 1 aromatic rings. The molecule has 1 fully saturated rings. The van der Waals surface area contributed by atoms with Crippen molar-refractivity contribution in [2.24, 2.45) is 0 Å². The Balaban J connectivity index is 2.10. The highest BCUT2D eigenvalue weighted by Crippen LogP contribution is 2.28. The minimum Gasteiger partial charge on any atom is -0.375 e. The molecule has 1 aromatic carbocycles. The Morgan fingerprint density at radius 1 is 1.33 bits per heavy atom. The molecule has 0 bridgehead atoms. The van der Waals surface area contributed by atoms with Gasteiger partial charge in [-0.05, 0) is 43.6 Å². The predicted octanol–water partition coefficient (Wildman–Crippen LogP) is 0.796. The van der Waals surface area contributed by atoms with Gasteiger partial charge in [-0.25, -0.2) is 12.8 Å². The quantitative estimate of drug-likeness (QED) is 0.786. The minimum absolute atomic E-state index is 0.117. The lowest BCUT2D eigenvalue weighted by Crippen LogP contribution is -2.57. The summed E-state index contributed by atoms with van der Waals surface area (Å²) in [6.07, 6.45) is 1.11. The van der Waals surface area contributed by atoms with Crippen LogP contribution in [-0.4, -0.2) is 52.1 Å². The lowest BCUT2D eigenvalue weighted by molar-refractivity contribution is -0.124. The number of carbonyl (C=O) groups excluding carboxylic acids is 1. The van der Waals surface area contributed by atoms with E-state index in [1.807, 2.05) is 0 Å². The van der Waals surface area contributed by atoms with Crippen molar-refractivity contribution in [1.29, 1.82) is 0 Å². The predicted molar refractivity (Wildman–Crippen MR) is 88.8 cm³/mol. The van der Waals surface area contributed by atoms with Gasteiger partial charge in [-0.3, -0.25) is 4.79 Å². The number of carbonyl (C=O) groups is 1. The molecule has 0 aromatic heterocycles. The second kappa shape index (κ2) is 7.58. The van der Waals surface area contributed by atoms with Gasteiger partial charge in [-0.15, -0.1) is 0 Å². The normalized spacial score (nSPS) is 18.8. The van der Waals surface area contributed by atoms with Gasteiger partial charge >= 0.3 is 0 Å². The van der Waals surface area contributed by atoms with Gasteiger partial charge in [-0.1, -0.05) is 12.1 Å². The van der Waals surface area contributed by atoms with Crippen LogP contribution in [0.1, 0.15) is 24.5 Å². The van der Waals surface area contributed by atoms with Gasteiger partial charge in [0.2, 0.25) is 5.91 Å². The molecule has 8 heteroatoms. The highest BCUT2D eigenvalue weighted by molar-refractivity contribution is 7.92. The summed E-state index contributed by atoms with van der Waals surface area (Å²) in [6.45, 7) is 1.07. The molecule has 2 N–H and O–H groups in total. The minimum atomic E-state index is -3.55. The summed E-state index contributed by atoms with van der Waals surface area (Å²) in [4.78, 5) is 12.6. The van der Waals surface area contributed by atoms with Crippen molar-refractivity contribution in [2.45, 2.75) is 23.7 Å². The van der Waals surface area contributed by atoms with Crippen molar-refractivity contribution >= 4 is 15.7 Å². The van der Waals surface area contributed by atoms with Crippen LogP contribution in [0.3, 0.4) is 0 Å². The fraction of sp³-hybridized carbons (Fsp3) is 0.562. The Labute approximate surface area is 141 Å². The third-order valence-corrected chi connectivity index (χ3v) is 6.52. The SMILES string of the molecule is COC(CNC(=O)C1(S(C)(=O)=O)CCNCC1)c1ccc(F)cc1. The van der Waals surface area contributed by atoms with Gasteiger partial charge in [0, 0.05) is 19.9 Å². The van der Waals surface area contributed by atoms with E-state index in [1.165, 1.54) is 19.2 Å². The van der Waals surface area contributed by atoms with Crippen molar-refractivity contribution in [2.75, 3.05) is 33.0 Å². The van der Waals surface area contributed by atoms with Gasteiger partial charge in [0.25, 0.3) is 0 Å². The molecule has 2 rings (SSSR count). The van der Waals surface area contributed by atoms with Crippen LogP contribution in [-0.2, 0) is 19.4 Å². The highest BCUT2D eigenvalue weighted by Gasteiger charge is 2.48. The second-order valence-electron chi connectivity index (χ2n) is 6.00. The zero-order chi connectivity index (χ0) is 17.8. The molecule has 24 heavy (non-hydrogen) atoms. The third-order valence-electron chi connectivity index (χ3n) is 4.51. The largest absolute Gasteiger partial charge is 0.375 e. The molecule has 1 atom stereocenters. The molecular weight excluding hydrogens is 335 g/mol. The van der Waals surface area contributed by atoms with Gasteiger partial charge in [-0.2, -0.15) is 0 Å². The Morgan fingerprint density at radius 2 is 1.92 bits per heavy atom. The number of methoxy groups -OCH3 is 1. The summed E-state index contributed by atoms with van der Waals surface area (Å²) in [5, 5.41) is 5.77. The van der Waals surface area contributed by atoms with E-state index in [0.29, 0.717) is 18.7 Å². The van der Waals surface area contributed by atoms with Crippen LogP contribution in [0.2, 0.25) is 0 Å². The molecule has 1 heterocycles. The van der Waals surface area contributed by atoms with Crippen LogP contribution >= 0.6 is 0 Å². The Morgan fingerprint density at radius 3 is 2.42 bits per heavy atom. The van der Waals surface area contributed by atoms with Crippen molar-refractivity contribution in [3.05, 3.63) is 35.6 Å². The topological polar surface area (TPSA) is 84.5 Å². The van der Waals surface area contributed by atoms with Crippen molar-refractivity contribution in [1.82, 2.24) is 10.6 Å². The van der Waals surface area contributed by atoms with Gasteiger partial charge in [0.1, 0.15) is 5.82 Å². The summed E-state index contributed by atoms with van der Waals surface area (Å²) in [6, 6.07) is 5.78. The molecule has 0 spiro atoms. The van der Waals surface area contributed by atoms with Crippen molar-refractivity contribution < 1.29 is 22.3 Å². The van der Waals surface area contributed by atoms with E-state index in [0.717, 1.165) is 6.26 Å². The summed E-state index contributed by atoms with van der Waals surface area (Å²) in [5.74, 6) is -0.862. The van der Waals surface area contributed by atoms with Crippen LogP contribution in [0.4, 0.5) is 4.39 Å². The zero-order valence-electron chi connectivity index (χ0n) is 13.8. The van der Waals surface area contributed by atoms with Crippen LogP contribution in [0, 0.1) is 5.82 Å². The molecule has 0 saturated carbocycles. The summed E-state index contributed by atoms with van der Waals surface area (Å²) in [5.41, 5.74) is 0.706. The highest BCUT2D eigenvalue weighted by atomic mass is 32.2. The number of piperidine rings is 1. The van der Waals surface area contributed by atoms with Crippen molar-refractivity contribution in [3.8, 4) is 0 Å². The van der Waals surface area contributed by atoms with Gasteiger partial charge in [0.05, 0.1) is 6.10 Å². The number of hydrogen-bond donors (Lipinski definition) is 2. The molecule has 1 unspecified atom stereocenters. The molecule has 0 aliphatic carbocycles. The first kappa shape index (κ1) is 18.8. The number of benzene rings is 1. The van der Waals surface area contributed by atoms with Crippen molar-refractivity contribution in [3.63, 3.8) is 0 Å². The number of hydrogen-bond acceptors (Lipinski definition) is 5. The van der Waals surface area contributed by atoms with E-state index in [-0.39, 0.29) is 25.2 Å². The van der Waals surface area contributed by atoms with Crippen LogP contribution in [0.15, 0.2) is 24.3 Å². The number of rotatable bonds is 6. The number of halogens is 1. The third kappa shape index (κ3) is 3.93. The molecule has 1 aliphatic heterocycles. The average molecular weight is 358 g/mol. The molecule has 134 valence electrons. The smallest absolute Gasteiger partial charge is 0.241 e. The first-order valence-electron chi connectivity index (χ1n) is 7.77. The van der Waals surface area contributed by atoms with Gasteiger partial charge in [0.15, 0.2) is 14.6 Å². The second-order valence-corrected chi connectivity index (χ2v) is 8.33. The molecular formula is C16H23FN2O4S. The summed E-state index contributed by atoms with van der Waals surface area (Å²) < 4.78 is 41.4. The standard InChI is InChI=1S/C16H23FN2O4S/c1-23-14(12-3-5-13(17)6-4-12)11-19-15(20)16(24(2,21)22)7-9-18-10-8-16/h3-6,14,18H,7-11H2,1-2H3,(H,19,20). The van der Waals surface area contributed by atoms with E-state index >= 15 is 0 Å². The first-order chi connectivity index (χ1) is 11.3. The Kier molecular flexibility index (Phi) is 5.95. The molecule has 6 nitrogen and oxygen atoms in total. The van der Waals surface area contributed by atoms with E-state index in [9.17, 15) is 17.6 Å². The molecule has 1 aliphatic rings. The summed E-state index contributed by atoms with van der Waals surface area (Å²) >= 11 is 0. The maximum Gasteiger partial charge on any atom is 0.241 e. The first-order valence-corrected chi connectivity index (χ1v) is 9.66. The van der Waals surface area contributed by atoms with E-state index in [1.54, 1.807) is 12.1 Å². The Hall–Kier alpha value is -1.51. The lowest BCUT2D eigenvalue weighted by atomic mass is 9.95. The maximum absolute atomic E-state index is 13.0.